The number of carbonyl (C=O) groups is 2. The van der Waals surface area contributed by atoms with Crippen molar-refractivity contribution < 1.29 is 14.7 Å². The Morgan fingerprint density at radius 1 is 1.28 bits per heavy atom. The second kappa shape index (κ2) is 4.67. The number of nitrogens with two attached hydrogens (primary N) is 1. The van der Waals surface area contributed by atoms with E-state index in [-0.39, 0.29) is 11.5 Å². The SMILES string of the molecule is Nc1ccc(-c2cccc(C=O)c2)c(C(=O)O)n1. The second-order valence-electron chi connectivity index (χ2n) is 3.68. The molecule has 0 saturated heterocycles. The summed E-state index contributed by atoms with van der Waals surface area (Å²) >= 11 is 0. The van der Waals surface area contributed by atoms with Crippen molar-refractivity contribution in [2.24, 2.45) is 0 Å². The van der Waals surface area contributed by atoms with Crippen molar-refractivity contribution in [1.29, 1.82) is 0 Å². The third-order valence-corrected chi connectivity index (χ3v) is 2.45. The largest absolute Gasteiger partial charge is 0.476 e. The molecular formula is C13H10N2O3. The van der Waals surface area contributed by atoms with Crippen molar-refractivity contribution in [3.63, 3.8) is 0 Å². The first kappa shape index (κ1) is 11.8. The summed E-state index contributed by atoms with van der Waals surface area (Å²) in [6.45, 7) is 0. The Morgan fingerprint density at radius 3 is 2.72 bits per heavy atom. The second-order valence-corrected chi connectivity index (χ2v) is 3.68. The molecule has 0 fully saturated rings. The fraction of sp³-hybridized carbons (Fsp3) is 0. The Balaban J connectivity index is 2.62. The molecule has 1 aromatic heterocycles. The monoisotopic (exact) mass is 242 g/mol. The topological polar surface area (TPSA) is 93.3 Å². The van der Waals surface area contributed by atoms with Crippen LogP contribution >= 0.6 is 0 Å². The number of rotatable bonds is 3. The van der Waals surface area contributed by atoms with Crippen molar-refractivity contribution in [3.05, 3.63) is 47.7 Å². The number of pyridine rings is 1. The van der Waals surface area contributed by atoms with Crippen LogP contribution in [-0.4, -0.2) is 22.3 Å². The number of hydrogen-bond acceptors (Lipinski definition) is 4. The fourth-order valence-electron chi connectivity index (χ4n) is 1.65. The maximum Gasteiger partial charge on any atom is 0.355 e. The summed E-state index contributed by atoms with van der Waals surface area (Å²) in [4.78, 5) is 25.6. The van der Waals surface area contributed by atoms with Crippen LogP contribution in [0.3, 0.4) is 0 Å². The number of carbonyl (C=O) groups excluding carboxylic acids is 1. The Labute approximate surface area is 103 Å². The fourth-order valence-corrected chi connectivity index (χ4v) is 1.65. The standard InChI is InChI=1S/C13H10N2O3/c14-11-5-4-10(12(15-11)13(17)18)9-3-1-2-8(6-9)7-16/h1-7H,(H2,14,15)(H,17,18). The van der Waals surface area contributed by atoms with E-state index in [2.05, 4.69) is 4.98 Å². The van der Waals surface area contributed by atoms with Gasteiger partial charge in [-0.25, -0.2) is 9.78 Å². The van der Waals surface area contributed by atoms with E-state index in [1.54, 1.807) is 30.3 Å². The molecule has 0 spiro atoms. The summed E-state index contributed by atoms with van der Waals surface area (Å²) in [6, 6.07) is 9.74. The summed E-state index contributed by atoms with van der Waals surface area (Å²) in [5, 5.41) is 9.09. The predicted molar refractivity (Wildman–Crippen MR) is 66.4 cm³/mol. The lowest BCUT2D eigenvalue weighted by molar-refractivity contribution is 0.0691. The lowest BCUT2D eigenvalue weighted by Gasteiger charge is -2.06. The van der Waals surface area contributed by atoms with Gasteiger partial charge in [0.1, 0.15) is 12.1 Å². The normalized spacial score (nSPS) is 10.0. The summed E-state index contributed by atoms with van der Waals surface area (Å²) in [7, 11) is 0. The van der Waals surface area contributed by atoms with Crippen LogP contribution in [0.15, 0.2) is 36.4 Å². The van der Waals surface area contributed by atoms with Gasteiger partial charge in [-0.05, 0) is 23.8 Å². The average molecular weight is 242 g/mol. The lowest BCUT2D eigenvalue weighted by Crippen LogP contribution is -2.05. The molecule has 0 aliphatic heterocycles. The summed E-state index contributed by atoms with van der Waals surface area (Å²) in [5.41, 5.74) is 6.86. The van der Waals surface area contributed by atoms with Gasteiger partial charge in [0, 0.05) is 11.1 Å². The number of nitrogen functional groups attached to an aromatic ring is 1. The van der Waals surface area contributed by atoms with Crippen molar-refractivity contribution in [1.82, 2.24) is 4.98 Å². The van der Waals surface area contributed by atoms with Crippen LogP contribution in [0.5, 0.6) is 0 Å². The van der Waals surface area contributed by atoms with E-state index in [1.165, 1.54) is 6.07 Å². The van der Waals surface area contributed by atoms with Gasteiger partial charge in [-0.15, -0.1) is 0 Å². The molecule has 5 heteroatoms. The number of hydrogen-bond donors (Lipinski definition) is 2. The van der Waals surface area contributed by atoms with E-state index in [0.717, 1.165) is 0 Å². The molecule has 2 aromatic rings. The summed E-state index contributed by atoms with van der Waals surface area (Å²) in [6.07, 6.45) is 0.703. The molecule has 0 aliphatic rings. The van der Waals surface area contributed by atoms with Gasteiger partial charge in [-0.2, -0.15) is 0 Å². The number of aldehydes is 1. The zero-order valence-corrected chi connectivity index (χ0v) is 9.33. The van der Waals surface area contributed by atoms with E-state index in [1.807, 2.05) is 0 Å². The highest BCUT2D eigenvalue weighted by atomic mass is 16.4. The summed E-state index contributed by atoms with van der Waals surface area (Å²) in [5.74, 6) is -1.02. The number of aromatic carboxylic acids is 1. The van der Waals surface area contributed by atoms with Gasteiger partial charge >= 0.3 is 5.97 Å². The first-order valence-corrected chi connectivity index (χ1v) is 5.17. The molecule has 18 heavy (non-hydrogen) atoms. The molecule has 1 aromatic carbocycles. The lowest BCUT2D eigenvalue weighted by atomic mass is 10.0. The van der Waals surface area contributed by atoms with Gasteiger partial charge in [-0.3, -0.25) is 4.79 Å². The van der Waals surface area contributed by atoms with Crippen LogP contribution in [0.4, 0.5) is 5.82 Å². The molecule has 0 saturated carbocycles. The van der Waals surface area contributed by atoms with Gasteiger partial charge in [-0.1, -0.05) is 18.2 Å². The number of carboxylic acid groups (broad SMARTS) is 1. The number of aromatic nitrogens is 1. The molecule has 5 nitrogen and oxygen atoms in total. The van der Waals surface area contributed by atoms with Crippen LogP contribution in [-0.2, 0) is 0 Å². The average Bonchev–Trinajstić information content (AvgIpc) is 2.38. The molecule has 0 radical (unpaired) electrons. The van der Waals surface area contributed by atoms with Gasteiger partial charge in [0.15, 0.2) is 5.69 Å². The quantitative estimate of drug-likeness (QED) is 0.801. The molecule has 1 heterocycles. The highest BCUT2D eigenvalue weighted by Gasteiger charge is 2.14. The molecule has 0 atom stereocenters. The molecule has 2 rings (SSSR count). The van der Waals surface area contributed by atoms with Crippen molar-refractivity contribution in [2.75, 3.05) is 5.73 Å². The van der Waals surface area contributed by atoms with Gasteiger partial charge < -0.3 is 10.8 Å². The minimum atomic E-state index is -1.16. The van der Waals surface area contributed by atoms with Crippen LogP contribution in [0.2, 0.25) is 0 Å². The Hall–Kier alpha value is -2.69. The summed E-state index contributed by atoms with van der Waals surface area (Å²) < 4.78 is 0. The Morgan fingerprint density at radius 2 is 2.06 bits per heavy atom. The van der Waals surface area contributed by atoms with Gasteiger partial charge in [0.05, 0.1) is 0 Å². The number of benzene rings is 1. The molecule has 0 bridgehead atoms. The number of nitrogens with zero attached hydrogens (tertiary/aromatic N) is 1. The molecule has 0 aliphatic carbocycles. The maximum absolute atomic E-state index is 11.1. The highest BCUT2D eigenvalue weighted by molar-refractivity contribution is 5.95. The minimum Gasteiger partial charge on any atom is -0.476 e. The predicted octanol–water partition coefficient (Wildman–Crippen LogP) is 1.84. The van der Waals surface area contributed by atoms with E-state index in [0.29, 0.717) is 23.0 Å². The zero-order chi connectivity index (χ0) is 13.1. The molecule has 0 amide bonds. The van der Waals surface area contributed by atoms with Crippen LogP contribution in [0, 0.1) is 0 Å². The first-order valence-electron chi connectivity index (χ1n) is 5.17. The highest BCUT2D eigenvalue weighted by Crippen LogP contribution is 2.24. The zero-order valence-electron chi connectivity index (χ0n) is 9.33. The van der Waals surface area contributed by atoms with E-state index in [4.69, 9.17) is 10.8 Å². The van der Waals surface area contributed by atoms with E-state index in [9.17, 15) is 9.59 Å². The van der Waals surface area contributed by atoms with Crippen LogP contribution in [0.1, 0.15) is 20.8 Å². The van der Waals surface area contributed by atoms with Crippen molar-refractivity contribution >= 4 is 18.1 Å². The third kappa shape index (κ3) is 2.20. The van der Waals surface area contributed by atoms with Gasteiger partial charge in [0.25, 0.3) is 0 Å². The van der Waals surface area contributed by atoms with E-state index < -0.39 is 5.97 Å². The van der Waals surface area contributed by atoms with Crippen molar-refractivity contribution in [2.45, 2.75) is 0 Å². The third-order valence-electron chi connectivity index (χ3n) is 2.45. The van der Waals surface area contributed by atoms with Crippen molar-refractivity contribution in [3.8, 4) is 11.1 Å². The van der Waals surface area contributed by atoms with E-state index >= 15 is 0 Å². The Bertz CT molecular complexity index is 623. The van der Waals surface area contributed by atoms with Crippen LogP contribution < -0.4 is 5.73 Å². The number of anilines is 1. The first-order chi connectivity index (χ1) is 8.61. The molecule has 0 unspecified atom stereocenters. The smallest absolute Gasteiger partial charge is 0.355 e. The maximum atomic E-state index is 11.1. The molecular weight excluding hydrogens is 232 g/mol. The van der Waals surface area contributed by atoms with Crippen LogP contribution in [0.25, 0.3) is 11.1 Å². The number of carboxylic acids is 1. The Kier molecular flexibility index (Phi) is 3.05. The van der Waals surface area contributed by atoms with Gasteiger partial charge in [0.2, 0.25) is 0 Å². The molecule has 3 N–H and O–H groups in total. The minimum absolute atomic E-state index is 0.127. The molecule has 90 valence electrons.